The molecule has 0 aliphatic carbocycles. The van der Waals surface area contributed by atoms with E-state index < -0.39 is 0 Å². The number of rotatable bonds is 5. The van der Waals surface area contributed by atoms with Gasteiger partial charge in [0.15, 0.2) is 0 Å². The van der Waals surface area contributed by atoms with Crippen LogP contribution >= 0.6 is 0 Å². The first-order chi connectivity index (χ1) is 9.70. The molecule has 2 N–H and O–H groups in total. The van der Waals surface area contributed by atoms with Gasteiger partial charge in [0.05, 0.1) is 13.2 Å². The van der Waals surface area contributed by atoms with E-state index in [1.165, 1.54) is 0 Å². The van der Waals surface area contributed by atoms with E-state index >= 15 is 0 Å². The van der Waals surface area contributed by atoms with Crippen molar-refractivity contribution < 1.29 is 9.53 Å². The number of hydrogen-bond acceptors (Lipinski definition) is 5. The van der Waals surface area contributed by atoms with Crippen LogP contribution in [0.25, 0.3) is 0 Å². The summed E-state index contributed by atoms with van der Waals surface area (Å²) < 4.78 is 5.27. The van der Waals surface area contributed by atoms with Gasteiger partial charge in [0.1, 0.15) is 0 Å². The number of piperazine rings is 1. The van der Waals surface area contributed by atoms with E-state index in [0.29, 0.717) is 32.2 Å². The highest BCUT2D eigenvalue weighted by Gasteiger charge is 2.24. The molecular weight excluding hydrogens is 256 g/mol. The van der Waals surface area contributed by atoms with Crippen LogP contribution in [0.4, 0.5) is 0 Å². The van der Waals surface area contributed by atoms with Crippen molar-refractivity contribution in [2.75, 3.05) is 66.1 Å². The third kappa shape index (κ3) is 4.41. The topological polar surface area (TPSA) is 62.0 Å². The SMILES string of the molecule is CN1CCN(CCCC(=O)N2CCOCC2)C(CN)C1. The van der Waals surface area contributed by atoms with E-state index in [1.807, 2.05) is 4.90 Å². The Morgan fingerprint density at radius 1 is 1.25 bits per heavy atom. The number of morpholine rings is 1. The van der Waals surface area contributed by atoms with Crippen molar-refractivity contribution in [3.8, 4) is 0 Å². The van der Waals surface area contributed by atoms with Crippen LogP contribution in [0.2, 0.25) is 0 Å². The first-order valence-corrected chi connectivity index (χ1v) is 7.69. The van der Waals surface area contributed by atoms with Crippen LogP contribution in [0.15, 0.2) is 0 Å². The van der Waals surface area contributed by atoms with Crippen LogP contribution < -0.4 is 5.73 Å². The molecule has 0 saturated carbocycles. The molecule has 1 amide bonds. The van der Waals surface area contributed by atoms with Crippen LogP contribution in [0, 0.1) is 0 Å². The predicted octanol–water partition coefficient (Wildman–Crippen LogP) is -0.800. The van der Waals surface area contributed by atoms with Gasteiger partial charge in [-0.1, -0.05) is 0 Å². The van der Waals surface area contributed by atoms with Crippen molar-refractivity contribution in [3.63, 3.8) is 0 Å². The van der Waals surface area contributed by atoms with Gasteiger partial charge in [-0.05, 0) is 20.0 Å². The predicted molar refractivity (Wildman–Crippen MR) is 78.5 cm³/mol. The second-order valence-electron chi connectivity index (χ2n) is 5.78. The number of amides is 1. The van der Waals surface area contributed by atoms with E-state index in [4.69, 9.17) is 10.5 Å². The highest BCUT2D eigenvalue weighted by molar-refractivity contribution is 5.76. The highest BCUT2D eigenvalue weighted by Crippen LogP contribution is 2.10. The summed E-state index contributed by atoms with van der Waals surface area (Å²) in [5, 5.41) is 0. The average Bonchev–Trinajstić information content (AvgIpc) is 2.49. The van der Waals surface area contributed by atoms with Gasteiger partial charge in [-0.2, -0.15) is 0 Å². The van der Waals surface area contributed by atoms with E-state index in [9.17, 15) is 4.79 Å². The summed E-state index contributed by atoms with van der Waals surface area (Å²) in [7, 11) is 2.14. The fourth-order valence-corrected chi connectivity index (χ4v) is 2.97. The monoisotopic (exact) mass is 284 g/mol. The number of nitrogens with two attached hydrogens (primary N) is 1. The molecule has 2 rings (SSSR count). The van der Waals surface area contributed by atoms with Gasteiger partial charge in [0, 0.05) is 51.7 Å². The Morgan fingerprint density at radius 3 is 2.70 bits per heavy atom. The van der Waals surface area contributed by atoms with Crippen molar-refractivity contribution >= 4 is 5.91 Å². The minimum absolute atomic E-state index is 0.270. The molecule has 2 saturated heterocycles. The van der Waals surface area contributed by atoms with Crippen LogP contribution in [0.5, 0.6) is 0 Å². The summed E-state index contributed by atoms with van der Waals surface area (Å²) in [5.74, 6) is 0.270. The number of hydrogen-bond donors (Lipinski definition) is 1. The fraction of sp³-hybridized carbons (Fsp3) is 0.929. The van der Waals surface area contributed by atoms with Gasteiger partial charge < -0.3 is 20.3 Å². The van der Waals surface area contributed by atoms with Gasteiger partial charge in [-0.3, -0.25) is 9.69 Å². The molecule has 1 unspecified atom stereocenters. The summed E-state index contributed by atoms with van der Waals surface area (Å²) in [6, 6.07) is 0.437. The van der Waals surface area contributed by atoms with Crippen LogP contribution in [0.1, 0.15) is 12.8 Å². The Labute approximate surface area is 121 Å². The number of likely N-dealkylation sites (N-methyl/N-ethyl adjacent to an activating group) is 1. The minimum atomic E-state index is 0.270. The van der Waals surface area contributed by atoms with Crippen LogP contribution in [-0.2, 0) is 9.53 Å². The van der Waals surface area contributed by atoms with E-state index in [2.05, 4.69) is 16.8 Å². The molecular formula is C14H28N4O2. The molecule has 2 aliphatic heterocycles. The largest absolute Gasteiger partial charge is 0.378 e. The van der Waals surface area contributed by atoms with E-state index in [0.717, 1.165) is 45.7 Å². The molecule has 0 radical (unpaired) electrons. The maximum atomic E-state index is 12.1. The summed E-state index contributed by atoms with van der Waals surface area (Å²) in [5.41, 5.74) is 5.85. The Kier molecular flexibility index (Phi) is 6.22. The molecule has 116 valence electrons. The van der Waals surface area contributed by atoms with Gasteiger partial charge in [0.25, 0.3) is 0 Å². The molecule has 0 bridgehead atoms. The maximum Gasteiger partial charge on any atom is 0.222 e. The van der Waals surface area contributed by atoms with Gasteiger partial charge in [0.2, 0.25) is 5.91 Å². The highest BCUT2D eigenvalue weighted by atomic mass is 16.5. The third-order valence-corrected chi connectivity index (χ3v) is 4.28. The molecule has 0 spiro atoms. The van der Waals surface area contributed by atoms with Crippen LogP contribution in [0.3, 0.4) is 0 Å². The zero-order chi connectivity index (χ0) is 14.4. The molecule has 6 nitrogen and oxygen atoms in total. The summed E-state index contributed by atoms with van der Waals surface area (Å²) in [6.45, 7) is 7.72. The number of carbonyl (C=O) groups is 1. The van der Waals surface area contributed by atoms with Crippen molar-refractivity contribution in [2.45, 2.75) is 18.9 Å². The summed E-state index contributed by atoms with van der Waals surface area (Å²) in [6.07, 6.45) is 1.57. The molecule has 20 heavy (non-hydrogen) atoms. The normalized spacial score (nSPS) is 25.9. The Hall–Kier alpha value is -0.690. The Morgan fingerprint density at radius 2 is 2.00 bits per heavy atom. The van der Waals surface area contributed by atoms with Gasteiger partial charge in [-0.15, -0.1) is 0 Å². The summed E-state index contributed by atoms with van der Waals surface area (Å²) >= 11 is 0. The first kappa shape index (κ1) is 15.7. The standard InChI is InChI=1S/C14H28N4O2/c1-16-5-6-17(13(11-15)12-16)4-2-3-14(19)18-7-9-20-10-8-18/h13H,2-12,15H2,1H3. The van der Waals surface area contributed by atoms with Crippen molar-refractivity contribution in [1.29, 1.82) is 0 Å². The molecule has 0 aromatic rings. The van der Waals surface area contributed by atoms with E-state index in [-0.39, 0.29) is 5.91 Å². The van der Waals surface area contributed by atoms with Crippen molar-refractivity contribution in [3.05, 3.63) is 0 Å². The van der Waals surface area contributed by atoms with Gasteiger partial charge >= 0.3 is 0 Å². The third-order valence-electron chi connectivity index (χ3n) is 4.28. The van der Waals surface area contributed by atoms with Crippen molar-refractivity contribution in [1.82, 2.24) is 14.7 Å². The molecule has 2 aliphatic rings. The lowest BCUT2D eigenvalue weighted by atomic mass is 10.1. The zero-order valence-electron chi connectivity index (χ0n) is 12.6. The molecule has 1 atom stereocenters. The van der Waals surface area contributed by atoms with E-state index in [1.54, 1.807) is 0 Å². The molecule has 2 heterocycles. The number of nitrogens with zero attached hydrogens (tertiary/aromatic N) is 3. The molecule has 2 fully saturated rings. The fourth-order valence-electron chi connectivity index (χ4n) is 2.97. The maximum absolute atomic E-state index is 12.1. The molecule has 6 heteroatoms. The lowest BCUT2D eigenvalue weighted by molar-refractivity contribution is -0.135. The van der Waals surface area contributed by atoms with Crippen LogP contribution in [-0.4, -0.2) is 92.7 Å². The average molecular weight is 284 g/mol. The Balaban J connectivity index is 1.67. The van der Waals surface area contributed by atoms with Crippen molar-refractivity contribution in [2.24, 2.45) is 5.73 Å². The molecule has 0 aromatic carbocycles. The second-order valence-corrected chi connectivity index (χ2v) is 5.78. The minimum Gasteiger partial charge on any atom is -0.378 e. The molecule has 0 aromatic heterocycles. The summed E-state index contributed by atoms with van der Waals surface area (Å²) in [4.78, 5) is 18.7. The smallest absolute Gasteiger partial charge is 0.222 e. The number of ether oxygens (including phenoxy) is 1. The quantitative estimate of drug-likeness (QED) is 0.716. The zero-order valence-corrected chi connectivity index (χ0v) is 12.6. The van der Waals surface area contributed by atoms with Gasteiger partial charge in [-0.25, -0.2) is 0 Å². The Bertz CT molecular complexity index is 308. The number of carbonyl (C=O) groups excluding carboxylic acids is 1. The second kappa shape index (κ2) is 7.93. The first-order valence-electron chi connectivity index (χ1n) is 7.69. The lowest BCUT2D eigenvalue weighted by Gasteiger charge is -2.39. The lowest BCUT2D eigenvalue weighted by Crippen LogP contribution is -2.55.